The van der Waals surface area contributed by atoms with Gasteiger partial charge in [-0.05, 0) is 12.8 Å². The molecule has 0 unspecified atom stereocenters. The molecular weight excluding hydrogens is 301 g/mol. The van der Waals surface area contributed by atoms with Gasteiger partial charge in [-0.2, -0.15) is 0 Å². The fraction of sp³-hybridized carbons (Fsp3) is 0.500. The average molecular weight is 318 g/mol. The van der Waals surface area contributed by atoms with Gasteiger partial charge in [-0.25, -0.2) is 0 Å². The highest BCUT2D eigenvalue weighted by Gasteiger charge is 2.15. The van der Waals surface area contributed by atoms with Crippen LogP contribution >= 0.6 is 23.2 Å². The SMILES string of the molecule is O=C(CCCCCl)Nc1cc2c(cc1Cl)OCCCO2. The summed E-state index contributed by atoms with van der Waals surface area (Å²) >= 11 is 11.7. The van der Waals surface area contributed by atoms with Gasteiger partial charge in [0.25, 0.3) is 0 Å². The molecule has 1 aromatic rings. The molecule has 0 atom stereocenters. The lowest BCUT2D eigenvalue weighted by molar-refractivity contribution is -0.116. The fourth-order valence-electron chi connectivity index (χ4n) is 1.87. The maximum Gasteiger partial charge on any atom is 0.224 e. The Balaban J connectivity index is 2.04. The Morgan fingerprint density at radius 1 is 1.20 bits per heavy atom. The molecule has 4 nitrogen and oxygen atoms in total. The fourth-order valence-corrected chi connectivity index (χ4v) is 2.26. The lowest BCUT2D eigenvalue weighted by Crippen LogP contribution is -2.11. The number of ether oxygens (including phenoxy) is 2. The van der Waals surface area contributed by atoms with Crippen LogP contribution in [-0.2, 0) is 4.79 Å². The van der Waals surface area contributed by atoms with E-state index in [1.165, 1.54) is 0 Å². The lowest BCUT2D eigenvalue weighted by atomic mass is 10.2. The second-order valence-corrected chi connectivity index (χ2v) is 5.31. The molecule has 110 valence electrons. The zero-order chi connectivity index (χ0) is 14.4. The number of fused-ring (bicyclic) bond motifs is 1. The summed E-state index contributed by atoms with van der Waals surface area (Å²) in [5, 5.41) is 3.23. The van der Waals surface area contributed by atoms with E-state index in [-0.39, 0.29) is 5.91 Å². The van der Waals surface area contributed by atoms with Crippen molar-refractivity contribution >= 4 is 34.8 Å². The molecule has 6 heteroatoms. The lowest BCUT2D eigenvalue weighted by Gasteiger charge is -2.12. The number of alkyl halides is 1. The van der Waals surface area contributed by atoms with Crippen LogP contribution in [0.25, 0.3) is 0 Å². The molecule has 0 saturated heterocycles. The first-order chi connectivity index (χ1) is 9.70. The van der Waals surface area contributed by atoms with Crippen LogP contribution in [0.4, 0.5) is 5.69 Å². The number of benzene rings is 1. The van der Waals surface area contributed by atoms with Crippen LogP contribution in [0.15, 0.2) is 12.1 Å². The Hall–Kier alpha value is -1.13. The molecule has 2 rings (SSSR count). The molecule has 0 radical (unpaired) electrons. The molecule has 1 aliphatic rings. The molecule has 0 aromatic heterocycles. The normalized spacial score (nSPS) is 13.7. The van der Waals surface area contributed by atoms with Crippen molar-refractivity contribution in [1.29, 1.82) is 0 Å². The quantitative estimate of drug-likeness (QED) is 0.663. The van der Waals surface area contributed by atoms with Crippen molar-refractivity contribution < 1.29 is 14.3 Å². The third-order valence-electron chi connectivity index (χ3n) is 2.90. The van der Waals surface area contributed by atoms with E-state index in [4.69, 9.17) is 32.7 Å². The van der Waals surface area contributed by atoms with Gasteiger partial charge >= 0.3 is 0 Å². The zero-order valence-corrected chi connectivity index (χ0v) is 12.6. The van der Waals surface area contributed by atoms with Gasteiger partial charge in [0.15, 0.2) is 11.5 Å². The minimum atomic E-state index is -0.0773. The van der Waals surface area contributed by atoms with E-state index in [0.29, 0.717) is 47.7 Å². The van der Waals surface area contributed by atoms with E-state index < -0.39 is 0 Å². The number of anilines is 1. The standard InChI is InChI=1S/C14H17Cl2NO3/c15-5-2-1-4-14(18)17-11-9-13-12(8-10(11)16)19-6-3-7-20-13/h8-9H,1-7H2,(H,17,18). The summed E-state index contributed by atoms with van der Waals surface area (Å²) in [6.45, 7) is 1.20. The minimum Gasteiger partial charge on any atom is -0.490 e. The predicted octanol–water partition coefficient (Wildman–Crippen LogP) is 3.85. The van der Waals surface area contributed by atoms with Crippen molar-refractivity contribution in [3.63, 3.8) is 0 Å². The highest BCUT2D eigenvalue weighted by Crippen LogP contribution is 2.37. The van der Waals surface area contributed by atoms with E-state index in [1.807, 2.05) is 0 Å². The third kappa shape index (κ3) is 4.18. The van der Waals surface area contributed by atoms with Crippen LogP contribution in [-0.4, -0.2) is 25.0 Å². The molecule has 0 aliphatic carbocycles. The van der Waals surface area contributed by atoms with Crippen LogP contribution in [0.3, 0.4) is 0 Å². The smallest absolute Gasteiger partial charge is 0.224 e. The summed E-state index contributed by atoms with van der Waals surface area (Å²) in [5.74, 6) is 1.72. The van der Waals surface area contributed by atoms with Crippen LogP contribution < -0.4 is 14.8 Å². The summed E-state index contributed by atoms with van der Waals surface area (Å²) in [7, 11) is 0. The van der Waals surface area contributed by atoms with E-state index in [0.717, 1.165) is 19.3 Å². The summed E-state index contributed by atoms with van der Waals surface area (Å²) < 4.78 is 11.1. The van der Waals surface area contributed by atoms with Gasteiger partial charge in [-0.15, -0.1) is 11.6 Å². The summed E-state index contributed by atoms with van der Waals surface area (Å²) in [4.78, 5) is 11.8. The maximum absolute atomic E-state index is 11.8. The van der Waals surface area contributed by atoms with Crippen molar-refractivity contribution in [3.8, 4) is 11.5 Å². The first-order valence-electron chi connectivity index (χ1n) is 6.65. The average Bonchev–Trinajstić information content (AvgIpc) is 2.64. The first kappa shape index (κ1) is 15.3. The molecular formula is C14H17Cl2NO3. The molecule has 20 heavy (non-hydrogen) atoms. The topological polar surface area (TPSA) is 47.6 Å². The molecule has 0 spiro atoms. The Labute approximate surface area is 128 Å². The van der Waals surface area contributed by atoms with Crippen LogP contribution in [0.5, 0.6) is 11.5 Å². The summed E-state index contributed by atoms with van der Waals surface area (Å²) in [6, 6.07) is 3.39. The van der Waals surface area contributed by atoms with E-state index >= 15 is 0 Å². The van der Waals surface area contributed by atoms with E-state index in [2.05, 4.69) is 5.32 Å². The number of rotatable bonds is 5. The molecule has 0 fully saturated rings. The monoisotopic (exact) mass is 317 g/mol. The summed E-state index contributed by atoms with van der Waals surface area (Å²) in [6.07, 6.45) is 2.84. The Bertz CT molecular complexity index is 480. The van der Waals surface area contributed by atoms with Crippen molar-refractivity contribution in [2.75, 3.05) is 24.4 Å². The molecule has 1 N–H and O–H groups in total. The highest BCUT2D eigenvalue weighted by molar-refractivity contribution is 6.34. The van der Waals surface area contributed by atoms with E-state index in [9.17, 15) is 4.79 Å². The highest BCUT2D eigenvalue weighted by atomic mass is 35.5. The Kier molecular flexibility index (Phi) is 5.80. The Morgan fingerprint density at radius 3 is 2.60 bits per heavy atom. The van der Waals surface area contributed by atoms with Gasteiger partial charge in [0, 0.05) is 30.9 Å². The first-order valence-corrected chi connectivity index (χ1v) is 7.57. The van der Waals surface area contributed by atoms with Crippen LogP contribution in [0.2, 0.25) is 5.02 Å². The second kappa shape index (κ2) is 7.60. The number of amides is 1. The van der Waals surface area contributed by atoms with Gasteiger partial charge < -0.3 is 14.8 Å². The number of hydrogen-bond donors (Lipinski definition) is 1. The molecule has 0 bridgehead atoms. The Morgan fingerprint density at radius 2 is 1.90 bits per heavy atom. The number of unbranched alkanes of at least 4 members (excludes halogenated alkanes) is 1. The van der Waals surface area contributed by atoms with Crippen molar-refractivity contribution in [1.82, 2.24) is 0 Å². The van der Waals surface area contributed by atoms with Gasteiger partial charge in [-0.1, -0.05) is 11.6 Å². The molecule has 1 amide bonds. The van der Waals surface area contributed by atoms with Crippen LogP contribution in [0, 0.1) is 0 Å². The maximum atomic E-state index is 11.8. The minimum absolute atomic E-state index is 0.0773. The predicted molar refractivity (Wildman–Crippen MR) is 80.3 cm³/mol. The number of nitrogens with one attached hydrogen (secondary N) is 1. The zero-order valence-electron chi connectivity index (χ0n) is 11.1. The third-order valence-corrected chi connectivity index (χ3v) is 3.48. The number of carbonyl (C=O) groups excluding carboxylic acids is 1. The van der Waals surface area contributed by atoms with Gasteiger partial charge in [0.2, 0.25) is 5.91 Å². The van der Waals surface area contributed by atoms with Crippen molar-refractivity contribution in [3.05, 3.63) is 17.2 Å². The van der Waals surface area contributed by atoms with E-state index in [1.54, 1.807) is 12.1 Å². The van der Waals surface area contributed by atoms with Gasteiger partial charge in [0.1, 0.15) is 0 Å². The second-order valence-electron chi connectivity index (χ2n) is 4.52. The molecule has 1 aliphatic heterocycles. The molecule has 0 saturated carbocycles. The van der Waals surface area contributed by atoms with Crippen LogP contribution in [0.1, 0.15) is 25.7 Å². The number of carbonyl (C=O) groups is 1. The van der Waals surface area contributed by atoms with Gasteiger partial charge in [-0.3, -0.25) is 4.79 Å². The summed E-state index contributed by atoms with van der Waals surface area (Å²) in [5.41, 5.74) is 0.548. The molecule has 1 heterocycles. The number of hydrogen-bond acceptors (Lipinski definition) is 3. The number of halogens is 2. The van der Waals surface area contributed by atoms with Crippen molar-refractivity contribution in [2.45, 2.75) is 25.7 Å². The molecule has 1 aromatic carbocycles. The largest absolute Gasteiger partial charge is 0.490 e. The van der Waals surface area contributed by atoms with Gasteiger partial charge in [0.05, 0.1) is 23.9 Å². The van der Waals surface area contributed by atoms with Crippen molar-refractivity contribution in [2.24, 2.45) is 0 Å².